The number of aromatic amines is 1. The Labute approximate surface area is 166 Å². The van der Waals surface area contributed by atoms with Crippen LogP contribution in [0.1, 0.15) is 71.3 Å². The zero-order chi connectivity index (χ0) is 19.7. The van der Waals surface area contributed by atoms with Gasteiger partial charge >= 0.3 is 5.97 Å². The van der Waals surface area contributed by atoms with Gasteiger partial charge < -0.3 is 10.4 Å². The average molecular weight is 401 g/mol. The summed E-state index contributed by atoms with van der Waals surface area (Å²) in [6.07, 6.45) is 6.59. The molecule has 148 valence electrons. The lowest BCUT2D eigenvalue weighted by atomic mass is 10.0. The van der Waals surface area contributed by atoms with Crippen molar-refractivity contribution >= 4 is 29.5 Å². The van der Waals surface area contributed by atoms with Crippen molar-refractivity contribution in [2.24, 2.45) is 0 Å². The maximum atomic E-state index is 12.9. The van der Waals surface area contributed by atoms with Crippen molar-refractivity contribution in [3.05, 3.63) is 51.3 Å². The van der Waals surface area contributed by atoms with Crippen molar-refractivity contribution in [2.75, 3.05) is 11.1 Å². The molecular formula is C20H23N3O4S. The van der Waals surface area contributed by atoms with E-state index < -0.39 is 5.97 Å². The average Bonchev–Trinajstić information content (AvgIpc) is 2.90. The van der Waals surface area contributed by atoms with Crippen molar-refractivity contribution in [2.45, 2.75) is 49.8 Å². The second-order valence-corrected chi connectivity index (χ2v) is 8.48. The number of hydrogen-bond donors (Lipinski definition) is 3. The lowest BCUT2D eigenvalue weighted by Crippen LogP contribution is -2.19. The maximum absolute atomic E-state index is 12.9. The van der Waals surface area contributed by atoms with Gasteiger partial charge in [-0.2, -0.15) is 0 Å². The van der Waals surface area contributed by atoms with Crippen LogP contribution in [0.5, 0.6) is 0 Å². The molecule has 0 unspecified atom stereocenters. The molecule has 8 heteroatoms. The number of carboxylic acids is 1. The molecule has 4 rings (SSSR count). The first kappa shape index (κ1) is 18.9. The minimum Gasteiger partial charge on any atom is -0.478 e. The standard InChI is InChI=1S/C20H23N3O4S/c24-15-11-28-17(12-7-9-13(10-8-12)20(26)27)16-18(21-15)23(22-19(16)25)14-5-3-1-2-4-6-14/h7-10,14,17H,1-6,11H2,(H,21,24)(H,22,25)(H,26,27)/t17-/m1/s1. The van der Waals surface area contributed by atoms with Crippen molar-refractivity contribution in [1.82, 2.24) is 9.78 Å². The molecule has 1 aliphatic carbocycles. The van der Waals surface area contributed by atoms with Crippen molar-refractivity contribution in [3.8, 4) is 0 Å². The van der Waals surface area contributed by atoms with Gasteiger partial charge in [0.05, 0.1) is 28.2 Å². The topological polar surface area (TPSA) is 104 Å². The predicted octanol–water partition coefficient (Wildman–Crippen LogP) is 3.54. The number of carboxylic acid groups (broad SMARTS) is 1. The number of thioether (sulfide) groups is 1. The molecule has 2 heterocycles. The van der Waals surface area contributed by atoms with E-state index in [0.29, 0.717) is 11.4 Å². The van der Waals surface area contributed by atoms with Crippen molar-refractivity contribution < 1.29 is 14.7 Å². The Kier molecular flexibility index (Phi) is 5.30. The lowest BCUT2D eigenvalue weighted by molar-refractivity contribution is -0.113. The van der Waals surface area contributed by atoms with Crippen molar-refractivity contribution in [1.29, 1.82) is 0 Å². The number of carbonyl (C=O) groups excluding carboxylic acids is 1. The number of rotatable bonds is 3. The van der Waals surface area contributed by atoms with Gasteiger partial charge in [0.25, 0.3) is 5.56 Å². The Hall–Kier alpha value is -2.48. The highest BCUT2D eigenvalue weighted by atomic mass is 32.2. The second kappa shape index (κ2) is 7.87. The van der Waals surface area contributed by atoms with Gasteiger partial charge in [0, 0.05) is 0 Å². The number of nitrogens with zero attached hydrogens (tertiary/aromatic N) is 1. The van der Waals surface area contributed by atoms with Crippen LogP contribution < -0.4 is 10.9 Å². The minimum atomic E-state index is -0.991. The molecule has 1 saturated carbocycles. The number of benzene rings is 1. The largest absolute Gasteiger partial charge is 0.478 e. The number of carbonyl (C=O) groups is 2. The quantitative estimate of drug-likeness (QED) is 0.683. The summed E-state index contributed by atoms with van der Waals surface area (Å²) in [5.41, 5.74) is 1.36. The Balaban J connectivity index is 1.77. The first-order valence-electron chi connectivity index (χ1n) is 9.63. The van der Waals surface area contributed by atoms with Crippen LogP contribution in [0.2, 0.25) is 0 Å². The number of aromatic nitrogens is 2. The summed E-state index contributed by atoms with van der Waals surface area (Å²) in [6, 6.07) is 6.70. The SMILES string of the molecule is O=C1CS[C@H](c2ccc(C(=O)O)cc2)c2c(n(C3CCCCCC3)[nH]c2=O)N1. The Morgan fingerprint density at radius 2 is 1.75 bits per heavy atom. The van der Waals surface area contributed by atoms with Gasteiger partial charge in [-0.15, -0.1) is 11.8 Å². The van der Waals surface area contributed by atoms with Gasteiger partial charge in [-0.05, 0) is 30.5 Å². The first-order chi connectivity index (χ1) is 13.5. The number of H-pyrrole nitrogens is 1. The molecule has 1 aromatic heterocycles. The molecular weight excluding hydrogens is 378 g/mol. The summed E-state index contributed by atoms with van der Waals surface area (Å²) in [5.74, 6) is -0.309. The molecule has 1 aromatic carbocycles. The van der Waals surface area contributed by atoms with Crippen LogP contribution in [0, 0.1) is 0 Å². The monoisotopic (exact) mass is 401 g/mol. The summed E-state index contributed by atoms with van der Waals surface area (Å²) >= 11 is 1.39. The lowest BCUT2D eigenvalue weighted by Gasteiger charge is -2.19. The van der Waals surface area contributed by atoms with Gasteiger partial charge in [0.1, 0.15) is 5.82 Å². The predicted molar refractivity (Wildman–Crippen MR) is 108 cm³/mol. The number of aromatic carboxylic acids is 1. The molecule has 3 N–H and O–H groups in total. The van der Waals surface area contributed by atoms with E-state index in [2.05, 4.69) is 10.4 Å². The number of nitrogens with one attached hydrogen (secondary N) is 2. The zero-order valence-electron chi connectivity index (χ0n) is 15.4. The molecule has 0 spiro atoms. The number of hydrogen-bond acceptors (Lipinski definition) is 4. The normalized spacial score (nSPS) is 20.7. The minimum absolute atomic E-state index is 0.128. The number of anilines is 1. The van der Waals surface area contributed by atoms with Crippen LogP contribution in [-0.2, 0) is 4.79 Å². The molecule has 1 amide bonds. The highest BCUT2D eigenvalue weighted by Gasteiger charge is 2.32. The van der Waals surface area contributed by atoms with E-state index >= 15 is 0 Å². The second-order valence-electron chi connectivity index (χ2n) is 7.38. The van der Waals surface area contributed by atoms with Gasteiger partial charge in [0.2, 0.25) is 5.91 Å². The van der Waals surface area contributed by atoms with E-state index in [1.807, 2.05) is 4.68 Å². The number of fused-ring (bicyclic) bond motifs is 1. The molecule has 0 radical (unpaired) electrons. The third-order valence-corrected chi connectivity index (χ3v) is 6.78. The zero-order valence-corrected chi connectivity index (χ0v) is 16.3. The van der Waals surface area contributed by atoms with Crippen LogP contribution in [0.4, 0.5) is 5.82 Å². The van der Waals surface area contributed by atoms with E-state index in [1.54, 1.807) is 12.1 Å². The fourth-order valence-electron chi connectivity index (χ4n) is 4.10. The highest BCUT2D eigenvalue weighted by molar-refractivity contribution is 8.00. The Bertz CT molecular complexity index is 939. The van der Waals surface area contributed by atoms with E-state index in [9.17, 15) is 14.4 Å². The molecule has 2 aliphatic rings. The van der Waals surface area contributed by atoms with Crippen LogP contribution in [0.25, 0.3) is 0 Å². The first-order valence-corrected chi connectivity index (χ1v) is 10.7. The Morgan fingerprint density at radius 3 is 2.39 bits per heavy atom. The van der Waals surface area contributed by atoms with Crippen LogP contribution in [-0.4, -0.2) is 32.5 Å². The molecule has 1 atom stereocenters. The summed E-state index contributed by atoms with van der Waals surface area (Å²) < 4.78 is 1.87. The van der Waals surface area contributed by atoms with E-state index in [4.69, 9.17) is 5.11 Å². The van der Waals surface area contributed by atoms with Gasteiger partial charge in [-0.3, -0.25) is 19.4 Å². The van der Waals surface area contributed by atoms with E-state index in [1.165, 1.54) is 36.7 Å². The molecule has 0 saturated heterocycles. The third-order valence-electron chi connectivity index (χ3n) is 5.51. The molecule has 7 nitrogen and oxygen atoms in total. The molecule has 1 fully saturated rings. The molecule has 1 aliphatic heterocycles. The highest BCUT2D eigenvalue weighted by Crippen LogP contribution is 2.41. The molecule has 2 aromatic rings. The van der Waals surface area contributed by atoms with Gasteiger partial charge in [0.15, 0.2) is 0 Å². The Morgan fingerprint density at radius 1 is 1.07 bits per heavy atom. The summed E-state index contributed by atoms with van der Waals surface area (Å²) in [5, 5.41) is 14.7. The fourth-order valence-corrected chi connectivity index (χ4v) is 5.22. The number of amides is 1. The van der Waals surface area contributed by atoms with Gasteiger partial charge in [-0.1, -0.05) is 37.8 Å². The van der Waals surface area contributed by atoms with E-state index in [-0.39, 0.29) is 34.1 Å². The van der Waals surface area contributed by atoms with Crippen LogP contribution >= 0.6 is 11.8 Å². The summed E-state index contributed by atoms with van der Waals surface area (Å²) in [6.45, 7) is 0. The smallest absolute Gasteiger partial charge is 0.335 e. The van der Waals surface area contributed by atoms with Crippen LogP contribution in [0.15, 0.2) is 29.1 Å². The summed E-state index contributed by atoms with van der Waals surface area (Å²) in [4.78, 5) is 36.4. The maximum Gasteiger partial charge on any atom is 0.335 e. The van der Waals surface area contributed by atoms with Gasteiger partial charge in [-0.25, -0.2) is 4.79 Å². The van der Waals surface area contributed by atoms with Crippen molar-refractivity contribution in [3.63, 3.8) is 0 Å². The summed E-state index contributed by atoms with van der Waals surface area (Å²) in [7, 11) is 0. The fraction of sp³-hybridized carbons (Fsp3) is 0.450. The molecule has 28 heavy (non-hydrogen) atoms. The van der Waals surface area contributed by atoms with E-state index in [0.717, 1.165) is 31.2 Å². The molecule has 0 bridgehead atoms. The van der Waals surface area contributed by atoms with Crippen LogP contribution in [0.3, 0.4) is 0 Å². The third kappa shape index (κ3) is 3.61.